The summed E-state index contributed by atoms with van der Waals surface area (Å²) in [6.45, 7) is 0.0705. The minimum Gasteiger partial charge on any atom is -0.479 e. The molecule has 0 saturated heterocycles. The fourth-order valence-electron chi connectivity index (χ4n) is 1.59. The van der Waals surface area contributed by atoms with E-state index in [1.165, 1.54) is 11.0 Å². The standard InChI is InChI=1S/C12H13N5O4/c18-10(12(20)21)5-6-13-11(19)8-1-3-9(4-2-8)17-7-14-15-16-17/h1-4,7,10,18H,5-6H2,(H,13,19)(H,20,21)/t10-/m0/s1. The molecule has 9 nitrogen and oxygen atoms in total. The van der Waals surface area contributed by atoms with E-state index >= 15 is 0 Å². The lowest BCUT2D eigenvalue weighted by molar-refractivity contribution is -0.146. The average molecular weight is 291 g/mol. The number of aliphatic hydroxyl groups is 1. The molecule has 0 unspecified atom stereocenters. The molecule has 0 aliphatic rings. The first-order valence-corrected chi connectivity index (χ1v) is 6.10. The highest BCUT2D eigenvalue weighted by molar-refractivity contribution is 5.94. The van der Waals surface area contributed by atoms with Gasteiger partial charge in [0.15, 0.2) is 6.10 Å². The van der Waals surface area contributed by atoms with Gasteiger partial charge in [-0.25, -0.2) is 9.48 Å². The quantitative estimate of drug-likeness (QED) is 0.636. The summed E-state index contributed by atoms with van der Waals surface area (Å²) >= 11 is 0. The number of hydrogen-bond donors (Lipinski definition) is 3. The first-order valence-electron chi connectivity index (χ1n) is 6.10. The van der Waals surface area contributed by atoms with E-state index in [1.807, 2.05) is 0 Å². The van der Waals surface area contributed by atoms with Crippen LogP contribution in [0.25, 0.3) is 5.69 Å². The topological polar surface area (TPSA) is 130 Å². The van der Waals surface area contributed by atoms with E-state index in [0.717, 1.165) is 0 Å². The van der Waals surface area contributed by atoms with Crippen LogP contribution in [0.15, 0.2) is 30.6 Å². The molecule has 1 aromatic heterocycles. The van der Waals surface area contributed by atoms with Crippen LogP contribution in [0.4, 0.5) is 0 Å². The van der Waals surface area contributed by atoms with Crippen LogP contribution in [0.2, 0.25) is 0 Å². The molecule has 3 N–H and O–H groups in total. The Balaban J connectivity index is 1.90. The van der Waals surface area contributed by atoms with Crippen LogP contribution in [-0.2, 0) is 4.79 Å². The van der Waals surface area contributed by atoms with Crippen LogP contribution < -0.4 is 5.32 Å². The van der Waals surface area contributed by atoms with Crippen molar-refractivity contribution in [3.63, 3.8) is 0 Å². The predicted molar refractivity (Wildman–Crippen MR) is 69.7 cm³/mol. The van der Waals surface area contributed by atoms with E-state index in [4.69, 9.17) is 10.2 Å². The number of aromatic nitrogens is 4. The summed E-state index contributed by atoms with van der Waals surface area (Å²) in [5.41, 5.74) is 1.12. The Morgan fingerprint density at radius 3 is 2.57 bits per heavy atom. The van der Waals surface area contributed by atoms with Crippen LogP contribution in [-0.4, -0.2) is 54.9 Å². The SMILES string of the molecule is O=C(NCC[C@H](O)C(=O)O)c1ccc(-n2cnnn2)cc1. The summed E-state index contributed by atoms with van der Waals surface area (Å²) in [6, 6.07) is 6.55. The number of amides is 1. The molecule has 0 saturated carbocycles. The van der Waals surface area contributed by atoms with E-state index in [2.05, 4.69) is 20.8 Å². The number of aliphatic carboxylic acids is 1. The Morgan fingerprint density at radius 2 is 2.00 bits per heavy atom. The van der Waals surface area contributed by atoms with Crippen molar-refractivity contribution in [2.24, 2.45) is 0 Å². The molecule has 1 heterocycles. The van der Waals surface area contributed by atoms with E-state index in [-0.39, 0.29) is 18.9 Å². The van der Waals surface area contributed by atoms with E-state index < -0.39 is 12.1 Å². The molecule has 9 heteroatoms. The second-order valence-electron chi connectivity index (χ2n) is 4.20. The maximum absolute atomic E-state index is 11.8. The second kappa shape index (κ2) is 6.57. The minimum atomic E-state index is -1.48. The number of tetrazole rings is 1. The third-order valence-corrected chi connectivity index (χ3v) is 2.73. The lowest BCUT2D eigenvalue weighted by Crippen LogP contribution is -2.30. The molecular weight excluding hydrogens is 278 g/mol. The molecule has 1 amide bonds. The van der Waals surface area contributed by atoms with Crippen LogP contribution in [0.1, 0.15) is 16.8 Å². The van der Waals surface area contributed by atoms with Crippen LogP contribution in [0, 0.1) is 0 Å². The summed E-state index contributed by atoms with van der Waals surface area (Å²) in [5.74, 6) is -1.66. The molecule has 0 bridgehead atoms. The summed E-state index contributed by atoms with van der Waals surface area (Å²) in [5, 5.41) is 30.8. The van der Waals surface area contributed by atoms with Gasteiger partial charge in [0.25, 0.3) is 5.91 Å². The molecule has 110 valence electrons. The molecule has 2 rings (SSSR count). The highest BCUT2D eigenvalue weighted by atomic mass is 16.4. The normalized spacial score (nSPS) is 11.9. The maximum atomic E-state index is 11.8. The summed E-state index contributed by atoms with van der Waals surface area (Å²) < 4.78 is 1.45. The Labute approximate surface area is 119 Å². The Bertz CT molecular complexity index is 611. The van der Waals surface area contributed by atoms with Crippen molar-refractivity contribution in [3.05, 3.63) is 36.2 Å². The van der Waals surface area contributed by atoms with Gasteiger partial charge in [-0.3, -0.25) is 4.79 Å². The van der Waals surface area contributed by atoms with Crippen molar-refractivity contribution in [2.45, 2.75) is 12.5 Å². The monoisotopic (exact) mass is 291 g/mol. The largest absolute Gasteiger partial charge is 0.479 e. The number of nitrogens with zero attached hydrogens (tertiary/aromatic N) is 4. The van der Waals surface area contributed by atoms with Gasteiger partial charge in [0.05, 0.1) is 5.69 Å². The third-order valence-electron chi connectivity index (χ3n) is 2.73. The van der Waals surface area contributed by atoms with Gasteiger partial charge < -0.3 is 15.5 Å². The summed E-state index contributed by atoms with van der Waals surface area (Å²) in [6.07, 6.45) is -0.0981. The van der Waals surface area contributed by atoms with Gasteiger partial charge in [0.1, 0.15) is 6.33 Å². The smallest absolute Gasteiger partial charge is 0.332 e. The lowest BCUT2D eigenvalue weighted by Gasteiger charge is -2.08. The zero-order chi connectivity index (χ0) is 15.2. The molecule has 1 aromatic carbocycles. The zero-order valence-corrected chi connectivity index (χ0v) is 10.9. The average Bonchev–Trinajstić information content (AvgIpc) is 3.01. The van der Waals surface area contributed by atoms with E-state index in [1.54, 1.807) is 24.3 Å². The fourth-order valence-corrected chi connectivity index (χ4v) is 1.59. The summed E-state index contributed by atoms with van der Waals surface area (Å²) in [7, 11) is 0. The van der Waals surface area contributed by atoms with Crippen LogP contribution in [0.3, 0.4) is 0 Å². The molecule has 21 heavy (non-hydrogen) atoms. The molecular formula is C12H13N5O4. The van der Waals surface area contributed by atoms with Crippen molar-refractivity contribution in [2.75, 3.05) is 6.54 Å². The van der Waals surface area contributed by atoms with Crippen molar-refractivity contribution < 1.29 is 19.8 Å². The van der Waals surface area contributed by atoms with Crippen molar-refractivity contribution in [1.82, 2.24) is 25.5 Å². The number of carboxylic acid groups (broad SMARTS) is 1. The van der Waals surface area contributed by atoms with E-state index in [9.17, 15) is 9.59 Å². The molecule has 0 aliphatic heterocycles. The molecule has 1 atom stereocenters. The Morgan fingerprint density at radius 1 is 1.29 bits per heavy atom. The number of carboxylic acids is 1. The number of aliphatic hydroxyl groups excluding tert-OH is 1. The first-order chi connectivity index (χ1) is 10.1. The zero-order valence-electron chi connectivity index (χ0n) is 10.9. The lowest BCUT2D eigenvalue weighted by atomic mass is 10.2. The fraction of sp³-hybridized carbons (Fsp3) is 0.250. The number of carbonyl (C=O) groups excluding carboxylic acids is 1. The van der Waals surface area contributed by atoms with Crippen molar-refractivity contribution >= 4 is 11.9 Å². The van der Waals surface area contributed by atoms with Crippen molar-refractivity contribution in [1.29, 1.82) is 0 Å². The highest BCUT2D eigenvalue weighted by Crippen LogP contribution is 2.07. The van der Waals surface area contributed by atoms with Gasteiger partial charge in [-0.05, 0) is 34.7 Å². The highest BCUT2D eigenvalue weighted by Gasteiger charge is 2.13. The predicted octanol–water partition coefficient (Wildman–Crippen LogP) is -0.772. The third kappa shape index (κ3) is 3.83. The van der Waals surface area contributed by atoms with E-state index in [0.29, 0.717) is 11.3 Å². The molecule has 0 aliphatic carbocycles. The minimum absolute atomic E-state index is 0.0518. The van der Waals surface area contributed by atoms with Gasteiger partial charge in [-0.1, -0.05) is 0 Å². The molecule has 0 fully saturated rings. The number of benzene rings is 1. The summed E-state index contributed by atoms with van der Waals surface area (Å²) in [4.78, 5) is 22.2. The maximum Gasteiger partial charge on any atom is 0.332 e. The van der Waals surface area contributed by atoms with Gasteiger partial charge >= 0.3 is 5.97 Å². The van der Waals surface area contributed by atoms with Gasteiger partial charge in [0.2, 0.25) is 0 Å². The Kier molecular flexibility index (Phi) is 4.57. The van der Waals surface area contributed by atoms with Crippen LogP contribution >= 0.6 is 0 Å². The number of hydrogen-bond acceptors (Lipinski definition) is 6. The van der Waals surface area contributed by atoms with Crippen LogP contribution in [0.5, 0.6) is 0 Å². The van der Waals surface area contributed by atoms with Gasteiger partial charge in [-0.2, -0.15) is 0 Å². The van der Waals surface area contributed by atoms with Gasteiger partial charge in [0, 0.05) is 18.5 Å². The molecule has 2 aromatic rings. The van der Waals surface area contributed by atoms with Crippen molar-refractivity contribution in [3.8, 4) is 5.69 Å². The Hall–Kier alpha value is -2.81. The number of carbonyl (C=O) groups is 2. The molecule has 0 spiro atoms. The number of nitrogens with one attached hydrogen (secondary N) is 1. The number of rotatable bonds is 6. The van der Waals surface area contributed by atoms with Gasteiger partial charge in [-0.15, -0.1) is 5.10 Å². The molecule has 0 radical (unpaired) electrons. The first kappa shape index (κ1) is 14.6. The second-order valence-corrected chi connectivity index (χ2v) is 4.20.